The predicted octanol–water partition coefficient (Wildman–Crippen LogP) is 4.45. The van der Waals surface area contributed by atoms with Crippen molar-refractivity contribution in [2.45, 2.75) is 33.4 Å². The van der Waals surface area contributed by atoms with Crippen LogP contribution in [0.2, 0.25) is 0 Å². The zero-order valence-corrected chi connectivity index (χ0v) is 16.7. The maximum absolute atomic E-state index is 12.7. The van der Waals surface area contributed by atoms with E-state index in [2.05, 4.69) is 19.2 Å². The molecule has 5 nitrogen and oxygen atoms in total. The number of hydrogen-bond donors (Lipinski definition) is 1. The van der Waals surface area contributed by atoms with Gasteiger partial charge in [0.1, 0.15) is 17.1 Å². The Hall–Kier alpha value is -2.12. The lowest BCUT2D eigenvalue weighted by molar-refractivity contribution is -0.122. The van der Waals surface area contributed by atoms with Crippen molar-refractivity contribution in [3.63, 3.8) is 0 Å². The van der Waals surface area contributed by atoms with E-state index in [0.29, 0.717) is 12.3 Å². The van der Waals surface area contributed by atoms with Gasteiger partial charge in [0.05, 0.1) is 12.6 Å². The van der Waals surface area contributed by atoms with Gasteiger partial charge < -0.3 is 14.6 Å². The second-order valence-electron chi connectivity index (χ2n) is 6.32. The van der Waals surface area contributed by atoms with Crippen molar-refractivity contribution in [3.8, 4) is 0 Å². The molecular formula is C19H22N2O3S2. The summed E-state index contributed by atoms with van der Waals surface area (Å²) in [4.78, 5) is 27.0. The van der Waals surface area contributed by atoms with E-state index in [1.54, 1.807) is 28.9 Å². The number of nitrogens with zero attached hydrogens (tertiary/aromatic N) is 1. The summed E-state index contributed by atoms with van der Waals surface area (Å²) >= 11 is 3.15. The number of carbonyl (C=O) groups is 2. The number of aromatic nitrogens is 1. The van der Waals surface area contributed by atoms with Crippen LogP contribution in [0.1, 0.15) is 42.2 Å². The van der Waals surface area contributed by atoms with Gasteiger partial charge in [-0.25, -0.2) is 4.79 Å². The minimum absolute atomic E-state index is 0.0390. The Kier molecular flexibility index (Phi) is 5.78. The van der Waals surface area contributed by atoms with Crippen molar-refractivity contribution in [2.24, 2.45) is 5.92 Å². The minimum Gasteiger partial charge on any atom is -0.461 e. The molecule has 1 N–H and O–H groups in total. The van der Waals surface area contributed by atoms with Crippen molar-refractivity contribution in [1.29, 1.82) is 0 Å². The molecule has 1 unspecified atom stereocenters. The molecule has 1 amide bonds. The number of amides is 1. The first-order chi connectivity index (χ1) is 12.5. The van der Waals surface area contributed by atoms with Crippen molar-refractivity contribution in [2.75, 3.05) is 6.61 Å². The predicted molar refractivity (Wildman–Crippen MR) is 106 cm³/mol. The Morgan fingerprint density at radius 1 is 1.23 bits per heavy atom. The van der Waals surface area contributed by atoms with Crippen molar-refractivity contribution in [3.05, 3.63) is 45.6 Å². The fourth-order valence-corrected chi connectivity index (χ4v) is 4.75. The average molecular weight is 391 g/mol. The summed E-state index contributed by atoms with van der Waals surface area (Å²) in [6.07, 6.45) is 0. The highest BCUT2D eigenvalue weighted by Gasteiger charge is 2.23. The quantitative estimate of drug-likeness (QED) is 0.606. The maximum Gasteiger partial charge on any atom is 0.355 e. The monoisotopic (exact) mass is 390 g/mol. The molecule has 7 heteroatoms. The van der Waals surface area contributed by atoms with E-state index in [1.807, 2.05) is 29.0 Å². The molecule has 0 aliphatic carbocycles. The first-order valence-corrected chi connectivity index (χ1v) is 10.3. The second-order valence-corrected chi connectivity index (χ2v) is 8.20. The van der Waals surface area contributed by atoms with Crippen molar-refractivity contribution < 1.29 is 14.3 Å². The maximum atomic E-state index is 12.7. The van der Waals surface area contributed by atoms with Gasteiger partial charge in [0.15, 0.2) is 0 Å². The molecule has 0 bridgehead atoms. The van der Waals surface area contributed by atoms with E-state index in [-0.39, 0.29) is 24.4 Å². The average Bonchev–Trinajstić information content (AvgIpc) is 3.31. The minimum atomic E-state index is -0.401. The molecule has 0 saturated carbocycles. The summed E-state index contributed by atoms with van der Waals surface area (Å²) in [5.41, 5.74) is 0.418. The molecule has 3 heterocycles. The van der Waals surface area contributed by atoms with E-state index in [0.717, 1.165) is 15.1 Å². The highest BCUT2D eigenvalue weighted by atomic mass is 32.1. The summed E-state index contributed by atoms with van der Waals surface area (Å²) in [6, 6.07) is 7.72. The van der Waals surface area contributed by atoms with Crippen LogP contribution in [0.4, 0.5) is 0 Å². The Morgan fingerprint density at radius 3 is 2.69 bits per heavy atom. The fraction of sp³-hybridized carbons (Fsp3) is 0.368. The summed E-state index contributed by atoms with van der Waals surface area (Å²) in [5.74, 6) is -0.246. The Balaban J connectivity index is 1.83. The van der Waals surface area contributed by atoms with E-state index in [4.69, 9.17) is 4.74 Å². The smallest absolute Gasteiger partial charge is 0.355 e. The highest BCUT2D eigenvalue weighted by molar-refractivity contribution is 7.16. The van der Waals surface area contributed by atoms with Crippen LogP contribution in [0.5, 0.6) is 0 Å². The topological polar surface area (TPSA) is 60.3 Å². The number of hydrogen-bond acceptors (Lipinski definition) is 5. The van der Waals surface area contributed by atoms with E-state index >= 15 is 0 Å². The third kappa shape index (κ3) is 3.83. The molecule has 3 aromatic rings. The number of ether oxygens (including phenoxy) is 1. The van der Waals surface area contributed by atoms with Crippen LogP contribution in [0.25, 0.3) is 10.2 Å². The molecule has 3 rings (SSSR count). The standard InChI is InChI=1S/C19H22N2O3S2/c1-4-24-19(23)14-10-13-7-9-26-18(13)21(14)11-16(22)20-17(12(2)3)15-6-5-8-25-15/h5-10,12,17H,4,11H2,1-3H3,(H,20,22). The van der Waals surface area contributed by atoms with Gasteiger partial charge in [0.25, 0.3) is 0 Å². The molecule has 0 fully saturated rings. The Bertz CT molecular complexity index is 893. The largest absolute Gasteiger partial charge is 0.461 e. The second kappa shape index (κ2) is 8.05. The van der Waals surface area contributed by atoms with Gasteiger partial charge in [-0.1, -0.05) is 19.9 Å². The number of thiophene rings is 2. The molecular weight excluding hydrogens is 368 g/mol. The third-order valence-corrected chi connectivity index (χ3v) is 6.03. The number of rotatable bonds is 7. The number of fused-ring (bicyclic) bond motifs is 1. The van der Waals surface area contributed by atoms with Crippen LogP contribution in [0.15, 0.2) is 35.0 Å². The van der Waals surface area contributed by atoms with E-state index in [9.17, 15) is 9.59 Å². The van der Waals surface area contributed by atoms with Crippen LogP contribution in [-0.4, -0.2) is 23.1 Å². The van der Waals surface area contributed by atoms with Crippen LogP contribution in [-0.2, 0) is 16.1 Å². The molecule has 0 radical (unpaired) electrons. The SMILES string of the molecule is CCOC(=O)c1cc2ccsc2n1CC(=O)NC(c1cccs1)C(C)C. The zero-order valence-electron chi connectivity index (χ0n) is 15.0. The van der Waals surface area contributed by atoms with Crippen LogP contribution in [0, 0.1) is 5.92 Å². The first-order valence-electron chi connectivity index (χ1n) is 8.57. The van der Waals surface area contributed by atoms with Gasteiger partial charge in [0, 0.05) is 10.3 Å². The summed E-state index contributed by atoms with van der Waals surface area (Å²) in [7, 11) is 0. The van der Waals surface area contributed by atoms with Crippen molar-refractivity contribution in [1.82, 2.24) is 9.88 Å². The van der Waals surface area contributed by atoms with Gasteiger partial charge in [-0.3, -0.25) is 4.79 Å². The highest BCUT2D eigenvalue weighted by Crippen LogP contribution is 2.28. The lowest BCUT2D eigenvalue weighted by Crippen LogP contribution is -2.34. The third-order valence-electron chi connectivity index (χ3n) is 4.12. The van der Waals surface area contributed by atoms with Gasteiger partial charge in [-0.15, -0.1) is 22.7 Å². The zero-order chi connectivity index (χ0) is 18.7. The summed E-state index contributed by atoms with van der Waals surface area (Å²) in [6.45, 7) is 6.34. The lowest BCUT2D eigenvalue weighted by atomic mass is 10.0. The molecule has 0 aromatic carbocycles. The molecule has 138 valence electrons. The van der Waals surface area contributed by atoms with Crippen molar-refractivity contribution >= 4 is 44.8 Å². The van der Waals surface area contributed by atoms with Gasteiger partial charge in [-0.2, -0.15) is 0 Å². The number of carbonyl (C=O) groups excluding carboxylic acids is 2. The van der Waals surface area contributed by atoms with Gasteiger partial charge in [0.2, 0.25) is 5.91 Å². The molecule has 0 spiro atoms. The van der Waals surface area contributed by atoms with Crippen LogP contribution < -0.4 is 5.32 Å². The molecule has 26 heavy (non-hydrogen) atoms. The molecule has 0 aliphatic heterocycles. The van der Waals surface area contributed by atoms with Gasteiger partial charge in [-0.05, 0) is 41.8 Å². The summed E-state index contributed by atoms with van der Waals surface area (Å²) < 4.78 is 6.89. The molecule has 1 atom stereocenters. The number of nitrogens with one attached hydrogen (secondary N) is 1. The lowest BCUT2D eigenvalue weighted by Gasteiger charge is -2.21. The normalized spacial score (nSPS) is 12.5. The van der Waals surface area contributed by atoms with E-state index < -0.39 is 5.97 Å². The van der Waals surface area contributed by atoms with Crippen LogP contribution in [0.3, 0.4) is 0 Å². The van der Waals surface area contributed by atoms with Crippen LogP contribution >= 0.6 is 22.7 Å². The first kappa shape index (κ1) is 18.7. The molecule has 0 aliphatic rings. The molecule has 0 saturated heterocycles. The Morgan fingerprint density at radius 2 is 2.04 bits per heavy atom. The fourth-order valence-electron chi connectivity index (χ4n) is 2.90. The molecule has 3 aromatic heterocycles. The summed E-state index contributed by atoms with van der Waals surface area (Å²) in [5, 5.41) is 8.03. The Labute approximate surface area is 160 Å². The number of esters is 1. The van der Waals surface area contributed by atoms with Gasteiger partial charge >= 0.3 is 5.97 Å². The van der Waals surface area contributed by atoms with E-state index in [1.165, 1.54) is 11.3 Å².